The Morgan fingerprint density at radius 3 is 2.71 bits per heavy atom. The molecule has 0 spiro atoms. The second-order valence-electron chi connectivity index (χ2n) is 6.00. The fraction of sp³-hybridized carbons (Fsp3) is 0.688. The van der Waals surface area contributed by atoms with Crippen LogP contribution in [0.25, 0.3) is 0 Å². The van der Waals surface area contributed by atoms with Crippen molar-refractivity contribution in [2.24, 2.45) is 0 Å². The van der Waals surface area contributed by atoms with Crippen molar-refractivity contribution in [2.75, 3.05) is 45.9 Å². The second kappa shape index (κ2) is 11.3. The zero-order chi connectivity index (χ0) is 15.2. The van der Waals surface area contributed by atoms with Gasteiger partial charge in [0.05, 0.1) is 12.6 Å². The number of carbonyl (C=O) groups is 1. The third kappa shape index (κ3) is 6.50. The van der Waals surface area contributed by atoms with Gasteiger partial charge in [0.1, 0.15) is 0 Å². The first-order valence-corrected chi connectivity index (χ1v) is 9.04. The molecule has 1 N–H and O–H groups in total. The smallest absolute Gasteiger partial charge is 0.236 e. The lowest BCUT2D eigenvalue weighted by Gasteiger charge is -2.34. The van der Waals surface area contributed by atoms with Crippen molar-refractivity contribution in [1.82, 2.24) is 15.1 Å². The molecular formula is C16H27Cl2N3O2S. The van der Waals surface area contributed by atoms with Gasteiger partial charge < -0.3 is 15.0 Å². The van der Waals surface area contributed by atoms with Gasteiger partial charge >= 0.3 is 0 Å². The Hall–Kier alpha value is -0.370. The lowest BCUT2D eigenvalue weighted by Crippen LogP contribution is -2.50. The van der Waals surface area contributed by atoms with Gasteiger partial charge in [0.2, 0.25) is 5.91 Å². The van der Waals surface area contributed by atoms with Crippen molar-refractivity contribution in [2.45, 2.75) is 25.5 Å². The minimum atomic E-state index is 0. The van der Waals surface area contributed by atoms with E-state index >= 15 is 0 Å². The van der Waals surface area contributed by atoms with E-state index in [9.17, 15) is 4.79 Å². The first kappa shape index (κ1) is 21.7. The van der Waals surface area contributed by atoms with E-state index in [1.54, 1.807) is 11.3 Å². The summed E-state index contributed by atoms with van der Waals surface area (Å²) in [5.41, 5.74) is 0. The summed E-state index contributed by atoms with van der Waals surface area (Å²) in [4.78, 5) is 18.0. The molecule has 138 valence electrons. The normalized spacial score (nSPS) is 21.2. The van der Waals surface area contributed by atoms with Crippen LogP contribution in [0.4, 0.5) is 0 Å². The van der Waals surface area contributed by atoms with Crippen molar-refractivity contribution in [3.05, 3.63) is 22.4 Å². The van der Waals surface area contributed by atoms with Crippen LogP contribution in [0.2, 0.25) is 0 Å². The van der Waals surface area contributed by atoms with E-state index in [0.29, 0.717) is 12.6 Å². The monoisotopic (exact) mass is 395 g/mol. The largest absolute Gasteiger partial charge is 0.377 e. The van der Waals surface area contributed by atoms with Crippen LogP contribution in [0.1, 0.15) is 17.7 Å². The Kier molecular flexibility index (Phi) is 10.2. The summed E-state index contributed by atoms with van der Waals surface area (Å²) in [6.07, 6.45) is 2.56. The average Bonchev–Trinajstić information content (AvgIpc) is 3.21. The predicted octanol–water partition coefficient (Wildman–Crippen LogP) is 2.00. The maximum absolute atomic E-state index is 12.2. The fourth-order valence-corrected chi connectivity index (χ4v) is 3.78. The summed E-state index contributed by atoms with van der Waals surface area (Å²) >= 11 is 1.80. The highest BCUT2D eigenvalue weighted by atomic mass is 35.5. The molecule has 24 heavy (non-hydrogen) atoms. The molecule has 0 radical (unpaired) electrons. The first-order valence-electron chi connectivity index (χ1n) is 8.16. The molecule has 2 aliphatic rings. The molecule has 1 atom stereocenters. The lowest BCUT2D eigenvalue weighted by atomic mass is 10.2. The van der Waals surface area contributed by atoms with E-state index in [1.165, 1.54) is 4.88 Å². The van der Waals surface area contributed by atoms with E-state index in [0.717, 1.165) is 58.7 Å². The Morgan fingerprint density at radius 2 is 2.08 bits per heavy atom. The standard InChI is InChI=1S/C16H25N3O2S.2ClH/c20-16(12-17-11-14-3-1-9-21-14)19-7-5-18(6-8-19)13-15-4-2-10-22-15;;/h2,4,10,14,17H,1,3,5-9,11-13H2;2*1H. The number of hydrogen-bond donors (Lipinski definition) is 1. The molecule has 0 saturated carbocycles. The number of hydrogen-bond acceptors (Lipinski definition) is 5. The van der Waals surface area contributed by atoms with E-state index in [2.05, 4.69) is 27.7 Å². The molecule has 1 aromatic rings. The Labute approximate surface area is 160 Å². The molecule has 1 amide bonds. The number of nitrogens with zero attached hydrogens (tertiary/aromatic N) is 2. The average molecular weight is 396 g/mol. The van der Waals surface area contributed by atoms with Gasteiger partial charge in [-0.1, -0.05) is 6.07 Å². The van der Waals surface area contributed by atoms with E-state index in [1.807, 2.05) is 4.90 Å². The molecule has 0 aliphatic carbocycles. The molecular weight excluding hydrogens is 369 g/mol. The van der Waals surface area contributed by atoms with Gasteiger partial charge in [0, 0.05) is 50.8 Å². The molecule has 8 heteroatoms. The predicted molar refractivity (Wildman–Crippen MR) is 103 cm³/mol. The van der Waals surface area contributed by atoms with Gasteiger partial charge in [-0.05, 0) is 24.3 Å². The van der Waals surface area contributed by atoms with Crippen molar-refractivity contribution in [1.29, 1.82) is 0 Å². The summed E-state index contributed by atoms with van der Waals surface area (Å²) < 4.78 is 5.55. The van der Waals surface area contributed by atoms with Crippen LogP contribution in [0.15, 0.2) is 17.5 Å². The highest BCUT2D eigenvalue weighted by molar-refractivity contribution is 7.09. The topological polar surface area (TPSA) is 44.8 Å². The number of piperazine rings is 1. The fourth-order valence-electron chi connectivity index (χ4n) is 3.04. The molecule has 0 bridgehead atoms. The second-order valence-corrected chi connectivity index (χ2v) is 7.03. The number of carbonyl (C=O) groups excluding carboxylic acids is 1. The summed E-state index contributed by atoms with van der Waals surface area (Å²) in [5, 5.41) is 5.36. The minimum Gasteiger partial charge on any atom is -0.377 e. The Bertz CT molecular complexity index is 462. The van der Waals surface area contributed by atoms with Crippen molar-refractivity contribution >= 4 is 42.1 Å². The van der Waals surface area contributed by atoms with E-state index in [-0.39, 0.29) is 30.7 Å². The molecule has 1 unspecified atom stereocenters. The molecule has 3 heterocycles. The minimum absolute atomic E-state index is 0. The summed E-state index contributed by atoms with van der Waals surface area (Å²) in [6.45, 7) is 6.72. The van der Waals surface area contributed by atoms with Crippen LogP contribution in [0.5, 0.6) is 0 Å². The number of halogens is 2. The SMILES string of the molecule is Cl.Cl.O=C(CNCC1CCCO1)N1CCN(Cc2cccs2)CC1. The maximum Gasteiger partial charge on any atom is 0.236 e. The summed E-state index contributed by atoms with van der Waals surface area (Å²) in [6, 6.07) is 4.27. The lowest BCUT2D eigenvalue weighted by molar-refractivity contribution is -0.132. The van der Waals surface area contributed by atoms with Crippen molar-refractivity contribution in [3.63, 3.8) is 0 Å². The third-order valence-corrected chi connectivity index (χ3v) is 5.22. The zero-order valence-corrected chi connectivity index (χ0v) is 16.3. The van der Waals surface area contributed by atoms with Crippen molar-refractivity contribution in [3.8, 4) is 0 Å². The van der Waals surface area contributed by atoms with Gasteiger partial charge in [-0.3, -0.25) is 9.69 Å². The van der Waals surface area contributed by atoms with Crippen LogP contribution in [-0.2, 0) is 16.1 Å². The van der Waals surface area contributed by atoms with Crippen LogP contribution >= 0.6 is 36.2 Å². The van der Waals surface area contributed by atoms with Gasteiger partial charge in [0.25, 0.3) is 0 Å². The van der Waals surface area contributed by atoms with Crippen molar-refractivity contribution < 1.29 is 9.53 Å². The van der Waals surface area contributed by atoms with Gasteiger partial charge in [-0.15, -0.1) is 36.2 Å². The van der Waals surface area contributed by atoms with Crippen LogP contribution in [0, 0.1) is 0 Å². The molecule has 5 nitrogen and oxygen atoms in total. The molecule has 2 aliphatic heterocycles. The number of thiophene rings is 1. The third-order valence-electron chi connectivity index (χ3n) is 4.36. The molecule has 0 aromatic carbocycles. The zero-order valence-electron chi connectivity index (χ0n) is 13.8. The Balaban J connectivity index is 0.00000144. The van der Waals surface area contributed by atoms with Gasteiger partial charge in [0.15, 0.2) is 0 Å². The van der Waals surface area contributed by atoms with Crippen LogP contribution in [0.3, 0.4) is 0 Å². The van der Waals surface area contributed by atoms with Gasteiger partial charge in [-0.25, -0.2) is 0 Å². The molecule has 2 saturated heterocycles. The summed E-state index contributed by atoms with van der Waals surface area (Å²) in [7, 11) is 0. The Morgan fingerprint density at radius 1 is 1.29 bits per heavy atom. The molecule has 1 aromatic heterocycles. The number of ether oxygens (including phenoxy) is 1. The van der Waals surface area contributed by atoms with Gasteiger partial charge in [-0.2, -0.15) is 0 Å². The highest BCUT2D eigenvalue weighted by Crippen LogP contribution is 2.13. The highest BCUT2D eigenvalue weighted by Gasteiger charge is 2.21. The summed E-state index contributed by atoms with van der Waals surface area (Å²) in [5.74, 6) is 0.216. The molecule has 3 rings (SSSR count). The number of amides is 1. The first-order chi connectivity index (χ1) is 10.8. The van der Waals surface area contributed by atoms with Crippen LogP contribution in [-0.4, -0.2) is 67.7 Å². The maximum atomic E-state index is 12.2. The number of rotatable bonds is 6. The quantitative estimate of drug-likeness (QED) is 0.799. The number of nitrogens with one attached hydrogen (secondary N) is 1. The molecule has 2 fully saturated rings. The van der Waals surface area contributed by atoms with Crippen LogP contribution < -0.4 is 5.32 Å². The van der Waals surface area contributed by atoms with E-state index in [4.69, 9.17) is 4.74 Å². The van der Waals surface area contributed by atoms with E-state index < -0.39 is 0 Å².